The molecule has 5 heteroatoms. The average Bonchev–Trinajstić information content (AvgIpc) is 2.19. The molecular weight excluding hydrogens is 224 g/mol. The molecule has 4 nitrogen and oxygen atoms in total. The highest BCUT2D eigenvalue weighted by molar-refractivity contribution is 7.80. The number of hydrogen-bond acceptors (Lipinski definition) is 3. The minimum Gasteiger partial charge on any atom is -0.755 e. The fraction of sp³-hybridized carbons (Fsp3) is 0.455. The molecule has 1 aromatic rings. The first-order valence-corrected chi connectivity index (χ1v) is 6.25. The second kappa shape index (κ2) is 6.62. The molecule has 0 spiro atoms. The van der Waals surface area contributed by atoms with Gasteiger partial charge in [0.25, 0.3) is 0 Å². The van der Waals surface area contributed by atoms with Gasteiger partial charge in [-0.2, -0.15) is 0 Å². The number of aryl methyl sites for hydroxylation is 1. The van der Waals surface area contributed by atoms with Crippen molar-refractivity contribution in [2.24, 2.45) is 0 Å². The SMILES string of the molecule is CN(C)CCCc1ccccc1NS(=O)[O-]. The maximum Gasteiger partial charge on any atom is 0.0484 e. The fourth-order valence-corrected chi connectivity index (χ4v) is 1.89. The molecule has 0 aliphatic heterocycles. The maximum absolute atomic E-state index is 10.6. The van der Waals surface area contributed by atoms with E-state index in [0.29, 0.717) is 5.69 Å². The standard InChI is InChI=1S/C11H18N2O2S/c1-13(2)9-5-7-10-6-3-4-8-11(10)12-16(14)15/h3-4,6,8,12H,5,7,9H2,1-2H3,(H,14,15)/p-1. The molecule has 1 unspecified atom stereocenters. The van der Waals surface area contributed by atoms with Crippen LogP contribution in [0.1, 0.15) is 12.0 Å². The molecule has 16 heavy (non-hydrogen) atoms. The molecule has 0 radical (unpaired) electrons. The summed E-state index contributed by atoms with van der Waals surface area (Å²) < 4.78 is 23.6. The van der Waals surface area contributed by atoms with Gasteiger partial charge in [0, 0.05) is 17.0 Å². The zero-order chi connectivity index (χ0) is 12.0. The summed E-state index contributed by atoms with van der Waals surface area (Å²) in [6, 6.07) is 7.47. The maximum atomic E-state index is 10.6. The van der Waals surface area contributed by atoms with Crippen LogP contribution in [0.2, 0.25) is 0 Å². The van der Waals surface area contributed by atoms with Crippen LogP contribution in [0.3, 0.4) is 0 Å². The molecule has 0 bridgehead atoms. The monoisotopic (exact) mass is 241 g/mol. The van der Waals surface area contributed by atoms with Crippen LogP contribution in [-0.4, -0.2) is 34.3 Å². The van der Waals surface area contributed by atoms with E-state index in [-0.39, 0.29) is 0 Å². The van der Waals surface area contributed by atoms with Crippen molar-refractivity contribution in [1.82, 2.24) is 4.90 Å². The zero-order valence-electron chi connectivity index (χ0n) is 9.60. The van der Waals surface area contributed by atoms with Crippen LogP contribution in [0.5, 0.6) is 0 Å². The first-order valence-electron chi connectivity index (χ1n) is 5.18. The minimum atomic E-state index is -2.25. The Morgan fingerprint density at radius 1 is 1.38 bits per heavy atom. The summed E-state index contributed by atoms with van der Waals surface area (Å²) in [6.07, 6.45) is 1.88. The number of hydrogen-bond donors (Lipinski definition) is 1. The molecule has 1 N–H and O–H groups in total. The second-order valence-corrected chi connectivity index (χ2v) is 4.57. The summed E-state index contributed by atoms with van der Waals surface area (Å²) in [4.78, 5) is 2.11. The van der Waals surface area contributed by atoms with Gasteiger partial charge < -0.3 is 14.2 Å². The normalized spacial score (nSPS) is 12.8. The Morgan fingerprint density at radius 3 is 2.69 bits per heavy atom. The van der Waals surface area contributed by atoms with Crippen LogP contribution in [0.15, 0.2) is 24.3 Å². The van der Waals surface area contributed by atoms with Gasteiger partial charge in [-0.3, -0.25) is 4.21 Å². The third-order valence-corrected chi connectivity index (χ3v) is 2.65. The van der Waals surface area contributed by atoms with E-state index >= 15 is 0 Å². The predicted molar refractivity (Wildman–Crippen MR) is 65.9 cm³/mol. The molecule has 0 aliphatic rings. The van der Waals surface area contributed by atoms with E-state index in [2.05, 4.69) is 9.62 Å². The summed E-state index contributed by atoms with van der Waals surface area (Å²) in [6.45, 7) is 0.995. The molecule has 1 rings (SSSR count). The summed E-state index contributed by atoms with van der Waals surface area (Å²) >= 11 is -2.25. The number of para-hydroxylation sites is 1. The number of rotatable bonds is 6. The average molecular weight is 241 g/mol. The van der Waals surface area contributed by atoms with Gasteiger partial charge >= 0.3 is 0 Å². The van der Waals surface area contributed by atoms with Crippen molar-refractivity contribution in [3.05, 3.63) is 29.8 Å². The molecule has 0 fully saturated rings. The van der Waals surface area contributed by atoms with Crippen molar-refractivity contribution < 1.29 is 8.76 Å². The predicted octanol–water partition coefficient (Wildman–Crippen LogP) is 1.39. The smallest absolute Gasteiger partial charge is 0.0484 e. The topological polar surface area (TPSA) is 55.4 Å². The lowest BCUT2D eigenvalue weighted by molar-refractivity contribution is 0.400. The lowest BCUT2D eigenvalue weighted by Gasteiger charge is -2.14. The number of nitrogens with one attached hydrogen (secondary N) is 1. The van der Waals surface area contributed by atoms with E-state index in [1.165, 1.54) is 0 Å². The molecule has 0 saturated heterocycles. The lowest BCUT2D eigenvalue weighted by Crippen LogP contribution is -2.14. The largest absolute Gasteiger partial charge is 0.755 e. The molecule has 0 amide bonds. The van der Waals surface area contributed by atoms with E-state index in [9.17, 15) is 8.76 Å². The number of nitrogens with zero attached hydrogens (tertiary/aromatic N) is 1. The van der Waals surface area contributed by atoms with Gasteiger partial charge in [0.2, 0.25) is 0 Å². The van der Waals surface area contributed by atoms with Crippen molar-refractivity contribution in [2.45, 2.75) is 12.8 Å². The van der Waals surface area contributed by atoms with Crippen LogP contribution in [-0.2, 0) is 17.7 Å². The van der Waals surface area contributed by atoms with Crippen molar-refractivity contribution in [3.63, 3.8) is 0 Å². The van der Waals surface area contributed by atoms with Crippen LogP contribution in [0.25, 0.3) is 0 Å². The summed E-state index contributed by atoms with van der Waals surface area (Å²) in [7, 11) is 4.05. The quantitative estimate of drug-likeness (QED) is 0.766. The minimum absolute atomic E-state index is 0.676. The Kier molecular flexibility index (Phi) is 5.45. The van der Waals surface area contributed by atoms with E-state index in [4.69, 9.17) is 0 Å². The second-order valence-electron chi connectivity index (χ2n) is 3.90. The third-order valence-electron chi connectivity index (χ3n) is 2.26. The first-order chi connectivity index (χ1) is 7.59. The van der Waals surface area contributed by atoms with E-state index in [1.54, 1.807) is 6.07 Å². The lowest BCUT2D eigenvalue weighted by atomic mass is 10.1. The van der Waals surface area contributed by atoms with E-state index < -0.39 is 11.3 Å². The van der Waals surface area contributed by atoms with Crippen molar-refractivity contribution in [3.8, 4) is 0 Å². The highest BCUT2D eigenvalue weighted by Gasteiger charge is 2.01. The highest BCUT2D eigenvalue weighted by Crippen LogP contribution is 2.17. The van der Waals surface area contributed by atoms with Crippen LogP contribution >= 0.6 is 0 Å². The fourth-order valence-electron chi connectivity index (χ4n) is 1.51. The molecular formula is C11H17N2O2S-. The first kappa shape index (κ1) is 13.2. The van der Waals surface area contributed by atoms with E-state index in [0.717, 1.165) is 24.9 Å². The number of benzene rings is 1. The molecule has 0 heterocycles. The van der Waals surface area contributed by atoms with Gasteiger partial charge in [0.05, 0.1) is 0 Å². The molecule has 0 aliphatic carbocycles. The molecule has 1 aromatic carbocycles. The van der Waals surface area contributed by atoms with Gasteiger partial charge in [-0.1, -0.05) is 18.2 Å². The summed E-state index contributed by atoms with van der Waals surface area (Å²) in [5.41, 5.74) is 1.71. The Labute approximate surface area is 99.1 Å². The Bertz CT molecular complexity index is 356. The molecule has 90 valence electrons. The number of anilines is 1. The highest BCUT2D eigenvalue weighted by atomic mass is 32.2. The van der Waals surface area contributed by atoms with Crippen LogP contribution in [0, 0.1) is 0 Å². The Hall–Kier alpha value is -0.910. The summed E-state index contributed by atoms with van der Waals surface area (Å²) in [5.74, 6) is 0. The molecule has 1 atom stereocenters. The van der Waals surface area contributed by atoms with Gasteiger partial charge in [-0.15, -0.1) is 0 Å². The zero-order valence-corrected chi connectivity index (χ0v) is 10.4. The van der Waals surface area contributed by atoms with Crippen molar-refractivity contribution >= 4 is 17.0 Å². The van der Waals surface area contributed by atoms with Gasteiger partial charge in [0.15, 0.2) is 0 Å². The third kappa shape index (κ3) is 4.74. The molecule has 0 saturated carbocycles. The Morgan fingerprint density at radius 2 is 2.06 bits per heavy atom. The molecule has 0 aromatic heterocycles. The van der Waals surface area contributed by atoms with Crippen molar-refractivity contribution in [1.29, 1.82) is 0 Å². The van der Waals surface area contributed by atoms with Gasteiger partial charge in [-0.05, 0) is 45.1 Å². The summed E-state index contributed by atoms with van der Waals surface area (Å²) in [5, 5.41) is 0. The Balaban J connectivity index is 2.60. The van der Waals surface area contributed by atoms with Crippen LogP contribution < -0.4 is 4.72 Å². The van der Waals surface area contributed by atoms with Gasteiger partial charge in [0.1, 0.15) is 0 Å². The van der Waals surface area contributed by atoms with Gasteiger partial charge in [-0.25, -0.2) is 0 Å². The van der Waals surface area contributed by atoms with Crippen LogP contribution in [0.4, 0.5) is 5.69 Å². The van der Waals surface area contributed by atoms with Crippen molar-refractivity contribution in [2.75, 3.05) is 25.4 Å². The van der Waals surface area contributed by atoms with E-state index in [1.807, 2.05) is 32.3 Å².